The minimum Gasteiger partial charge on any atom is -0.381 e. The molecule has 0 aliphatic carbocycles. The van der Waals surface area contributed by atoms with Gasteiger partial charge in [0.2, 0.25) is 0 Å². The normalized spacial score (nSPS) is 11.0. The third kappa shape index (κ3) is 3.03. The number of nitrogens with two attached hydrogens (primary N) is 2. The number of fused-ring (bicyclic) bond motifs is 1. The number of anilines is 2. The van der Waals surface area contributed by atoms with Gasteiger partial charge in [0.25, 0.3) is 0 Å². The molecule has 26 heavy (non-hydrogen) atoms. The first-order valence-electron chi connectivity index (χ1n) is 7.92. The van der Waals surface area contributed by atoms with Gasteiger partial charge in [0, 0.05) is 30.4 Å². The third-order valence-corrected chi connectivity index (χ3v) is 3.98. The van der Waals surface area contributed by atoms with Crippen LogP contribution < -0.4 is 16.6 Å². The lowest BCUT2D eigenvalue weighted by molar-refractivity contribution is 0.768. The molecule has 3 aromatic heterocycles. The molecule has 130 valence electrons. The maximum absolute atomic E-state index is 6.22. The summed E-state index contributed by atoms with van der Waals surface area (Å²) in [6, 6.07) is 5.88. The number of aromatic nitrogens is 6. The van der Waals surface area contributed by atoms with Gasteiger partial charge < -0.3 is 5.73 Å². The molecule has 0 aliphatic rings. The van der Waals surface area contributed by atoms with E-state index in [1.807, 2.05) is 31.4 Å². The molecule has 4 aromatic rings. The van der Waals surface area contributed by atoms with Crippen LogP contribution in [0.1, 0.15) is 5.56 Å². The van der Waals surface area contributed by atoms with E-state index >= 15 is 0 Å². The van der Waals surface area contributed by atoms with Crippen molar-refractivity contribution in [1.29, 1.82) is 0 Å². The lowest BCUT2D eigenvalue weighted by Gasteiger charge is -2.19. The Balaban J connectivity index is 1.63. The fraction of sp³-hybridized carbons (Fsp3) is 0.118. The second-order valence-corrected chi connectivity index (χ2v) is 5.91. The molecule has 4 N–H and O–H groups in total. The highest BCUT2D eigenvalue weighted by molar-refractivity contribution is 5.78. The third-order valence-electron chi connectivity index (χ3n) is 3.98. The molecule has 3 heterocycles. The van der Waals surface area contributed by atoms with Gasteiger partial charge in [-0.15, -0.1) is 0 Å². The van der Waals surface area contributed by atoms with E-state index in [9.17, 15) is 0 Å². The van der Waals surface area contributed by atoms with E-state index < -0.39 is 0 Å². The Bertz CT molecular complexity index is 1070. The predicted molar refractivity (Wildman–Crippen MR) is 98.6 cm³/mol. The first-order chi connectivity index (χ1) is 12.6. The Kier molecular flexibility index (Phi) is 3.90. The lowest BCUT2D eigenvalue weighted by atomic mass is 10.1. The smallest absolute Gasteiger partial charge is 0.186 e. The Morgan fingerprint density at radius 1 is 1.15 bits per heavy atom. The Morgan fingerprint density at radius 3 is 2.85 bits per heavy atom. The molecule has 0 saturated heterocycles. The summed E-state index contributed by atoms with van der Waals surface area (Å²) in [5.74, 6) is 6.90. The van der Waals surface area contributed by atoms with Crippen LogP contribution in [0.3, 0.4) is 0 Å². The zero-order valence-corrected chi connectivity index (χ0v) is 14.1. The summed E-state index contributed by atoms with van der Waals surface area (Å²) in [7, 11) is 1.84. The molecule has 0 amide bonds. The summed E-state index contributed by atoms with van der Waals surface area (Å²) in [5.41, 5.74) is 9.35. The monoisotopic (exact) mass is 347 g/mol. The molecule has 0 fully saturated rings. The number of aryl methyl sites for hydroxylation is 1. The molecular weight excluding hydrogens is 330 g/mol. The number of rotatable bonds is 4. The van der Waals surface area contributed by atoms with E-state index in [0.717, 1.165) is 22.0 Å². The molecule has 0 saturated carbocycles. The highest BCUT2D eigenvalue weighted by Crippen LogP contribution is 2.23. The van der Waals surface area contributed by atoms with Gasteiger partial charge in [-0.2, -0.15) is 5.10 Å². The van der Waals surface area contributed by atoms with Gasteiger partial charge in [0.05, 0.1) is 30.1 Å². The molecular formula is C17H17N9. The Labute approximate surface area is 149 Å². The molecule has 0 aliphatic heterocycles. The van der Waals surface area contributed by atoms with Crippen molar-refractivity contribution in [2.75, 3.05) is 10.7 Å². The molecule has 0 spiro atoms. The van der Waals surface area contributed by atoms with Crippen LogP contribution in [0.5, 0.6) is 0 Å². The van der Waals surface area contributed by atoms with Gasteiger partial charge in [-0.3, -0.25) is 9.69 Å². The number of benzene rings is 1. The zero-order chi connectivity index (χ0) is 18.1. The summed E-state index contributed by atoms with van der Waals surface area (Å²) in [6.07, 6.45) is 8.47. The van der Waals surface area contributed by atoms with Gasteiger partial charge in [-0.25, -0.2) is 25.8 Å². The van der Waals surface area contributed by atoms with Crippen LogP contribution in [0.15, 0.2) is 49.3 Å². The molecule has 4 rings (SSSR count). The Morgan fingerprint density at radius 2 is 2.04 bits per heavy atom. The number of hydrazine groups is 1. The van der Waals surface area contributed by atoms with Crippen molar-refractivity contribution in [1.82, 2.24) is 29.7 Å². The van der Waals surface area contributed by atoms with E-state index in [-0.39, 0.29) is 5.82 Å². The summed E-state index contributed by atoms with van der Waals surface area (Å²) in [5, 5.41) is 6.57. The fourth-order valence-corrected chi connectivity index (χ4v) is 2.70. The van der Waals surface area contributed by atoms with E-state index in [4.69, 9.17) is 11.6 Å². The fourth-order valence-electron chi connectivity index (χ4n) is 2.70. The van der Waals surface area contributed by atoms with Crippen molar-refractivity contribution in [3.8, 4) is 11.3 Å². The molecule has 9 heteroatoms. The first-order valence-corrected chi connectivity index (χ1v) is 7.92. The van der Waals surface area contributed by atoms with E-state index in [0.29, 0.717) is 18.1 Å². The van der Waals surface area contributed by atoms with Crippen molar-refractivity contribution >= 4 is 22.5 Å². The molecule has 9 nitrogen and oxygen atoms in total. The topological polar surface area (TPSA) is 125 Å². The van der Waals surface area contributed by atoms with Crippen LogP contribution in [0.2, 0.25) is 0 Å². The highest BCUT2D eigenvalue weighted by atomic mass is 15.4. The van der Waals surface area contributed by atoms with E-state index in [1.165, 1.54) is 11.3 Å². The van der Waals surface area contributed by atoms with Crippen LogP contribution in [-0.2, 0) is 13.6 Å². The maximum atomic E-state index is 6.22. The van der Waals surface area contributed by atoms with Crippen LogP contribution in [0, 0.1) is 0 Å². The van der Waals surface area contributed by atoms with Crippen molar-refractivity contribution in [2.24, 2.45) is 12.9 Å². The predicted octanol–water partition coefficient (Wildman–Crippen LogP) is 1.28. The largest absolute Gasteiger partial charge is 0.381 e. The number of hydrogen-bond acceptors (Lipinski definition) is 8. The number of nitrogen functional groups attached to an aromatic ring is 1. The van der Waals surface area contributed by atoms with Crippen molar-refractivity contribution in [3.05, 3.63) is 54.9 Å². The SMILES string of the molecule is Cn1cc(-c2cnc(N)c(N(N)Cc3ccc4ncncc4c3)n2)cn1. The molecule has 0 bridgehead atoms. The lowest BCUT2D eigenvalue weighted by Crippen LogP contribution is -2.32. The quantitative estimate of drug-likeness (QED) is 0.418. The van der Waals surface area contributed by atoms with Crippen LogP contribution >= 0.6 is 0 Å². The summed E-state index contributed by atoms with van der Waals surface area (Å²) >= 11 is 0. The molecule has 0 unspecified atom stereocenters. The molecule has 0 atom stereocenters. The van der Waals surface area contributed by atoms with E-state index in [2.05, 4.69) is 25.0 Å². The Hall–Kier alpha value is -3.59. The van der Waals surface area contributed by atoms with Crippen LogP contribution in [-0.4, -0.2) is 29.7 Å². The van der Waals surface area contributed by atoms with Gasteiger partial charge >= 0.3 is 0 Å². The van der Waals surface area contributed by atoms with Crippen LogP contribution in [0.4, 0.5) is 11.6 Å². The summed E-state index contributed by atoms with van der Waals surface area (Å²) in [6.45, 7) is 0.417. The molecule has 0 radical (unpaired) electrons. The van der Waals surface area contributed by atoms with Crippen LogP contribution in [0.25, 0.3) is 22.2 Å². The van der Waals surface area contributed by atoms with Crippen molar-refractivity contribution < 1.29 is 0 Å². The summed E-state index contributed by atoms with van der Waals surface area (Å²) in [4.78, 5) is 17.0. The minimum atomic E-state index is 0.268. The maximum Gasteiger partial charge on any atom is 0.186 e. The van der Waals surface area contributed by atoms with Crippen molar-refractivity contribution in [2.45, 2.75) is 6.54 Å². The van der Waals surface area contributed by atoms with E-state index in [1.54, 1.807) is 23.3 Å². The molecule has 1 aromatic carbocycles. The highest BCUT2D eigenvalue weighted by Gasteiger charge is 2.13. The first kappa shape index (κ1) is 15.9. The standard InChI is InChI=1S/C17H17N9/c1-25-9-13(6-23-25)15-7-21-16(18)17(24-15)26(19)8-11-2-3-14-12(4-11)5-20-10-22-14/h2-7,9-10H,8,19H2,1H3,(H2,18,21). The number of hydrogen-bond donors (Lipinski definition) is 2. The minimum absolute atomic E-state index is 0.268. The zero-order valence-electron chi connectivity index (χ0n) is 14.1. The average Bonchev–Trinajstić information content (AvgIpc) is 3.08. The van der Waals surface area contributed by atoms with Gasteiger partial charge in [0.1, 0.15) is 6.33 Å². The second kappa shape index (κ2) is 6.37. The second-order valence-electron chi connectivity index (χ2n) is 5.91. The van der Waals surface area contributed by atoms with Gasteiger partial charge in [0.15, 0.2) is 11.6 Å². The van der Waals surface area contributed by atoms with Crippen molar-refractivity contribution in [3.63, 3.8) is 0 Å². The van der Waals surface area contributed by atoms with Gasteiger partial charge in [-0.05, 0) is 17.7 Å². The number of nitrogens with zero attached hydrogens (tertiary/aromatic N) is 7. The van der Waals surface area contributed by atoms with Gasteiger partial charge in [-0.1, -0.05) is 6.07 Å². The average molecular weight is 347 g/mol. The summed E-state index contributed by atoms with van der Waals surface area (Å²) < 4.78 is 1.70.